The maximum Gasteiger partial charge on any atom is 1.00 e. The molecule has 19 heavy (non-hydrogen) atoms. The van der Waals surface area contributed by atoms with Crippen LogP contribution in [0.3, 0.4) is 0 Å². The predicted octanol–water partition coefficient (Wildman–Crippen LogP) is -0.817. The normalized spacial score (nSPS) is 9.47. The zero-order valence-electron chi connectivity index (χ0n) is 10.5. The van der Waals surface area contributed by atoms with Gasteiger partial charge < -0.3 is 14.6 Å². The molecule has 0 aliphatic heterocycles. The Hall–Kier alpha value is -0.940. The molecule has 0 heterocycles. The molecule has 2 rings (SSSR count). The van der Waals surface area contributed by atoms with E-state index in [2.05, 4.69) is 0 Å². The first-order valence-electron chi connectivity index (χ1n) is 5.38. The van der Waals surface area contributed by atoms with Gasteiger partial charge in [-0.15, -0.1) is 0 Å². The summed E-state index contributed by atoms with van der Waals surface area (Å²) in [7, 11) is 0. The molecule has 0 fully saturated rings. The van der Waals surface area contributed by atoms with Crippen molar-refractivity contribution in [2.45, 2.75) is 4.90 Å². The Kier molecular flexibility index (Phi) is 7.02. The second-order valence-corrected chi connectivity index (χ2v) is 4.50. The van der Waals surface area contributed by atoms with Crippen LogP contribution >= 0.6 is 11.8 Å². The van der Waals surface area contributed by atoms with E-state index in [4.69, 9.17) is 4.74 Å². The zero-order chi connectivity index (χ0) is 12.8. The van der Waals surface area contributed by atoms with Gasteiger partial charge in [-0.05, 0) is 24.3 Å². The van der Waals surface area contributed by atoms with Crippen molar-refractivity contribution in [2.24, 2.45) is 0 Å². The van der Waals surface area contributed by atoms with Crippen LogP contribution in [0.4, 0.5) is 0 Å². The minimum absolute atomic E-state index is 0. The van der Waals surface area contributed by atoms with E-state index in [0.717, 1.165) is 4.90 Å². The van der Waals surface area contributed by atoms with Crippen molar-refractivity contribution >= 4 is 17.7 Å². The molecule has 0 unspecified atom stereocenters. The Morgan fingerprint density at radius 3 is 2.37 bits per heavy atom. The molecular formula is C14H11NaO3S. The van der Waals surface area contributed by atoms with Crippen LogP contribution in [-0.4, -0.2) is 11.9 Å². The fourth-order valence-corrected chi connectivity index (χ4v) is 2.11. The number of aromatic carboxylic acids is 1. The van der Waals surface area contributed by atoms with E-state index < -0.39 is 5.97 Å². The summed E-state index contributed by atoms with van der Waals surface area (Å²) in [5.74, 6) is -0.537. The van der Waals surface area contributed by atoms with Crippen molar-refractivity contribution in [3.05, 3.63) is 60.2 Å². The number of benzene rings is 2. The van der Waals surface area contributed by atoms with Crippen LogP contribution in [0.25, 0.3) is 0 Å². The summed E-state index contributed by atoms with van der Waals surface area (Å²) >= 11 is 1.50. The van der Waals surface area contributed by atoms with Gasteiger partial charge in [-0.3, -0.25) is 0 Å². The molecule has 0 saturated heterocycles. The molecule has 0 aliphatic rings. The standard InChI is InChI=1S/C14H12O3S.Na/c15-14(16)12-8-4-5-9-13(12)17-10-18-11-6-2-1-3-7-11;/h1-9H,10H2,(H,15,16);/q;+1/p-1. The van der Waals surface area contributed by atoms with Crippen LogP contribution in [-0.2, 0) is 0 Å². The summed E-state index contributed by atoms with van der Waals surface area (Å²) in [6.45, 7) is 0. The molecule has 0 atom stereocenters. The third kappa shape index (κ3) is 4.91. The minimum Gasteiger partial charge on any atom is -0.545 e. The summed E-state index contributed by atoms with van der Waals surface area (Å²) in [4.78, 5) is 11.9. The Labute approximate surface area is 138 Å². The first-order valence-corrected chi connectivity index (χ1v) is 6.37. The van der Waals surface area contributed by atoms with Crippen LogP contribution < -0.4 is 39.4 Å². The van der Waals surface area contributed by atoms with Gasteiger partial charge in [0.2, 0.25) is 0 Å². The van der Waals surface area contributed by atoms with Crippen molar-refractivity contribution < 1.29 is 44.2 Å². The SMILES string of the molecule is O=C([O-])c1ccccc1OCSc1ccccc1.[Na+]. The van der Waals surface area contributed by atoms with Crippen LogP contribution in [0, 0.1) is 0 Å². The minimum atomic E-state index is -1.23. The Morgan fingerprint density at radius 2 is 1.68 bits per heavy atom. The molecule has 0 aliphatic carbocycles. The van der Waals surface area contributed by atoms with Gasteiger partial charge in [0.05, 0.1) is 5.97 Å². The molecule has 2 aromatic rings. The molecule has 0 spiro atoms. The number of carbonyl (C=O) groups is 1. The van der Waals surface area contributed by atoms with Gasteiger partial charge in [-0.25, -0.2) is 0 Å². The molecule has 0 N–H and O–H groups in total. The number of para-hydroxylation sites is 1. The molecule has 0 bridgehead atoms. The van der Waals surface area contributed by atoms with Gasteiger partial charge in [0.25, 0.3) is 0 Å². The second-order valence-electron chi connectivity index (χ2n) is 3.50. The maximum atomic E-state index is 10.9. The van der Waals surface area contributed by atoms with Gasteiger partial charge in [-0.1, -0.05) is 42.1 Å². The van der Waals surface area contributed by atoms with Crippen LogP contribution in [0.1, 0.15) is 10.4 Å². The number of carboxylic acids is 1. The Morgan fingerprint density at radius 1 is 1.05 bits per heavy atom. The zero-order valence-corrected chi connectivity index (χ0v) is 13.4. The molecule has 0 saturated carbocycles. The quantitative estimate of drug-likeness (QED) is 0.408. The number of hydrogen-bond acceptors (Lipinski definition) is 4. The van der Waals surface area contributed by atoms with Crippen molar-refractivity contribution in [3.63, 3.8) is 0 Å². The third-order valence-electron chi connectivity index (χ3n) is 2.29. The molecule has 0 amide bonds. The van der Waals surface area contributed by atoms with E-state index in [-0.39, 0.29) is 35.1 Å². The fourth-order valence-electron chi connectivity index (χ4n) is 1.44. The molecule has 92 valence electrons. The van der Waals surface area contributed by atoms with E-state index in [1.165, 1.54) is 17.8 Å². The number of thioether (sulfide) groups is 1. The van der Waals surface area contributed by atoms with Crippen LogP contribution in [0.2, 0.25) is 0 Å². The fraction of sp³-hybridized carbons (Fsp3) is 0.0714. The van der Waals surface area contributed by atoms with E-state index in [9.17, 15) is 9.90 Å². The van der Waals surface area contributed by atoms with Crippen LogP contribution in [0.5, 0.6) is 5.75 Å². The predicted molar refractivity (Wildman–Crippen MR) is 68.6 cm³/mol. The molecular weight excluding hydrogens is 271 g/mol. The monoisotopic (exact) mass is 282 g/mol. The molecule has 2 aromatic carbocycles. The first-order chi connectivity index (χ1) is 8.77. The maximum absolute atomic E-state index is 10.9. The largest absolute Gasteiger partial charge is 1.00 e. The molecule has 5 heteroatoms. The number of ether oxygens (including phenoxy) is 1. The average molecular weight is 282 g/mol. The van der Waals surface area contributed by atoms with Gasteiger partial charge in [0, 0.05) is 10.5 Å². The van der Waals surface area contributed by atoms with Gasteiger partial charge in [0.15, 0.2) is 0 Å². The van der Waals surface area contributed by atoms with Gasteiger partial charge in [-0.2, -0.15) is 0 Å². The summed E-state index contributed by atoms with van der Waals surface area (Å²) in [5, 5.41) is 10.9. The van der Waals surface area contributed by atoms with E-state index in [1.54, 1.807) is 18.2 Å². The number of rotatable bonds is 5. The van der Waals surface area contributed by atoms with Crippen molar-refractivity contribution in [1.29, 1.82) is 0 Å². The topological polar surface area (TPSA) is 49.4 Å². The first kappa shape index (κ1) is 16.1. The number of carboxylic acid groups (broad SMARTS) is 1. The second kappa shape index (κ2) is 8.27. The molecule has 0 radical (unpaired) electrons. The number of hydrogen-bond donors (Lipinski definition) is 0. The molecule has 0 aromatic heterocycles. The Balaban J connectivity index is 0.00000180. The van der Waals surface area contributed by atoms with E-state index in [1.807, 2.05) is 30.3 Å². The number of carbonyl (C=O) groups excluding carboxylic acids is 1. The van der Waals surface area contributed by atoms with Crippen molar-refractivity contribution in [2.75, 3.05) is 5.94 Å². The van der Waals surface area contributed by atoms with Gasteiger partial charge >= 0.3 is 29.6 Å². The third-order valence-corrected chi connectivity index (χ3v) is 3.13. The van der Waals surface area contributed by atoms with E-state index >= 15 is 0 Å². The van der Waals surface area contributed by atoms with E-state index in [0.29, 0.717) is 11.7 Å². The van der Waals surface area contributed by atoms with Crippen molar-refractivity contribution in [3.8, 4) is 5.75 Å². The summed E-state index contributed by atoms with van der Waals surface area (Å²) in [5.41, 5.74) is 0.0751. The van der Waals surface area contributed by atoms with Crippen LogP contribution in [0.15, 0.2) is 59.5 Å². The summed E-state index contributed by atoms with van der Waals surface area (Å²) in [6, 6.07) is 16.2. The smallest absolute Gasteiger partial charge is 0.545 e. The van der Waals surface area contributed by atoms with Gasteiger partial charge in [0.1, 0.15) is 11.7 Å². The van der Waals surface area contributed by atoms with Crippen molar-refractivity contribution in [1.82, 2.24) is 0 Å². The summed E-state index contributed by atoms with van der Waals surface area (Å²) in [6.07, 6.45) is 0. The average Bonchev–Trinajstić information content (AvgIpc) is 2.40. The summed E-state index contributed by atoms with van der Waals surface area (Å²) < 4.78 is 5.44. The molecule has 3 nitrogen and oxygen atoms in total. The Bertz CT molecular complexity index is 531.